The summed E-state index contributed by atoms with van der Waals surface area (Å²) in [6.07, 6.45) is 3.54. The minimum Gasteiger partial charge on any atom is -0.495 e. The van der Waals surface area contributed by atoms with Gasteiger partial charge in [-0.25, -0.2) is 0 Å². The van der Waals surface area contributed by atoms with Crippen LogP contribution in [0, 0.1) is 5.92 Å². The number of carbonyl (C=O) groups is 2. The molecule has 1 saturated carbocycles. The van der Waals surface area contributed by atoms with E-state index < -0.39 is 6.17 Å². The number of nitrogens with zero attached hydrogens (tertiary/aromatic N) is 3. The number of benzene rings is 1. The van der Waals surface area contributed by atoms with Crippen LogP contribution < -0.4 is 15.5 Å². The van der Waals surface area contributed by atoms with Gasteiger partial charge in [-0.05, 0) is 31.0 Å². The summed E-state index contributed by atoms with van der Waals surface area (Å²) in [5.74, 6) is 1.36. The maximum Gasteiger partial charge on any atom is 0.268 e. The van der Waals surface area contributed by atoms with Gasteiger partial charge in [-0.1, -0.05) is 38.3 Å². The lowest BCUT2D eigenvalue weighted by Crippen LogP contribution is -2.70. The lowest BCUT2D eigenvalue weighted by Gasteiger charge is -2.51. The minimum atomic E-state index is -0.523. The van der Waals surface area contributed by atoms with Gasteiger partial charge in [0.05, 0.1) is 24.2 Å². The number of nitrogens with one attached hydrogen (secondary N) is 2. The summed E-state index contributed by atoms with van der Waals surface area (Å²) in [5.41, 5.74) is 3.58. The fraction of sp³-hybridized carbons (Fsp3) is 0.571. The Balaban J connectivity index is 1.50. The molecule has 2 amide bonds. The van der Waals surface area contributed by atoms with E-state index in [0.29, 0.717) is 16.5 Å². The molecule has 3 aliphatic rings. The quantitative estimate of drug-likeness (QED) is 0.745. The highest BCUT2D eigenvalue weighted by atomic mass is 35.5. The summed E-state index contributed by atoms with van der Waals surface area (Å²) in [6, 6.07) is 5.26. The second kappa shape index (κ2) is 8.34. The van der Waals surface area contributed by atoms with Gasteiger partial charge in [0, 0.05) is 11.6 Å². The maximum absolute atomic E-state index is 13.3. The van der Waals surface area contributed by atoms with E-state index in [0.717, 1.165) is 31.5 Å². The van der Waals surface area contributed by atoms with E-state index in [-0.39, 0.29) is 36.4 Å². The third kappa shape index (κ3) is 3.69. The number of rotatable bonds is 5. The van der Waals surface area contributed by atoms with E-state index in [1.165, 1.54) is 7.11 Å². The summed E-state index contributed by atoms with van der Waals surface area (Å²) >= 11 is 6.15. The maximum atomic E-state index is 13.3. The molecule has 2 fully saturated rings. The van der Waals surface area contributed by atoms with Crippen LogP contribution in [0.2, 0.25) is 5.02 Å². The Kier molecular flexibility index (Phi) is 5.77. The lowest BCUT2D eigenvalue weighted by atomic mass is 9.85. The topological polar surface area (TPSA) is 86.3 Å². The minimum absolute atomic E-state index is 0.00663. The summed E-state index contributed by atoms with van der Waals surface area (Å²) in [7, 11) is 1.54. The summed E-state index contributed by atoms with van der Waals surface area (Å²) in [6.45, 7) is 4.18. The first-order valence-corrected chi connectivity index (χ1v) is 10.8. The number of hydrogen-bond donors (Lipinski definition) is 2. The normalized spacial score (nSPS) is 25.4. The molecule has 2 heterocycles. The van der Waals surface area contributed by atoms with Crippen molar-refractivity contribution in [3.63, 3.8) is 0 Å². The van der Waals surface area contributed by atoms with Gasteiger partial charge in [0.2, 0.25) is 5.91 Å². The van der Waals surface area contributed by atoms with Crippen molar-refractivity contribution in [2.75, 3.05) is 19.0 Å². The molecule has 30 heavy (non-hydrogen) atoms. The van der Waals surface area contributed by atoms with Crippen LogP contribution >= 0.6 is 11.6 Å². The van der Waals surface area contributed by atoms with E-state index in [2.05, 4.69) is 34.6 Å². The number of amides is 2. The van der Waals surface area contributed by atoms with Crippen molar-refractivity contribution in [3.8, 4) is 5.75 Å². The number of anilines is 1. The van der Waals surface area contributed by atoms with Gasteiger partial charge in [0.15, 0.2) is 6.17 Å². The van der Waals surface area contributed by atoms with Crippen LogP contribution in [0.25, 0.3) is 0 Å². The lowest BCUT2D eigenvalue weighted by molar-refractivity contribution is -0.151. The van der Waals surface area contributed by atoms with Gasteiger partial charge < -0.3 is 19.9 Å². The molecule has 4 rings (SSSR count). The SMILES string of the molecule is COc1ccc(NC(=O)CN2C(=O)C3NN=C(C(C)C)N3C3CCCCC32)cc1Cl. The average Bonchev–Trinajstić information content (AvgIpc) is 3.17. The standard InChI is InChI=1S/C21H28ClN5O3/c1-12(2)19-24-25-20-21(29)26(15-6-4-5-7-16(15)27(19)20)11-18(28)23-13-8-9-17(30-3)14(22)10-13/h8-10,12,15-16,20,25H,4-7,11H2,1-3H3,(H,23,28). The van der Waals surface area contributed by atoms with Gasteiger partial charge in [-0.3, -0.25) is 15.0 Å². The predicted octanol–water partition coefficient (Wildman–Crippen LogP) is 2.64. The van der Waals surface area contributed by atoms with E-state index in [4.69, 9.17) is 16.3 Å². The fourth-order valence-electron chi connectivity index (χ4n) is 4.74. The molecule has 1 aliphatic carbocycles. The third-order valence-electron chi connectivity index (χ3n) is 6.08. The number of carbonyl (C=O) groups excluding carboxylic acids is 2. The molecule has 9 heteroatoms. The summed E-state index contributed by atoms with van der Waals surface area (Å²) in [4.78, 5) is 30.0. The molecular formula is C21H28ClN5O3. The number of halogens is 1. The van der Waals surface area contributed by atoms with Crippen LogP contribution in [0.4, 0.5) is 5.69 Å². The van der Waals surface area contributed by atoms with Crippen LogP contribution in [-0.2, 0) is 9.59 Å². The number of hydrogen-bond acceptors (Lipinski definition) is 6. The van der Waals surface area contributed by atoms with Crippen LogP contribution in [0.3, 0.4) is 0 Å². The molecule has 0 bridgehead atoms. The van der Waals surface area contributed by atoms with E-state index in [1.54, 1.807) is 23.1 Å². The van der Waals surface area contributed by atoms with Crippen LogP contribution in [0.15, 0.2) is 23.3 Å². The largest absolute Gasteiger partial charge is 0.495 e. The van der Waals surface area contributed by atoms with Crippen molar-refractivity contribution >= 4 is 34.9 Å². The Morgan fingerprint density at radius 2 is 2.07 bits per heavy atom. The Morgan fingerprint density at radius 1 is 1.33 bits per heavy atom. The van der Waals surface area contributed by atoms with Crippen molar-refractivity contribution in [1.82, 2.24) is 15.2 Å². The van der Waals surface area contributed by atoms with Crippen molar-refractivity contribution < 1.29 is 14.3 Å². The number of hydrazone groups is 1. The Morgan fingerprint density at radius 3 is 2.73 bits per heavy atom. The van der Waals surface area contributed by atoms with Crippen LogP contribution in [0.5, 0.6) is 5.75 Å². The number of methoxy groups -OCH3 is 1. The fourth-order valence-corrected chi connectivity index (χ4v) is 4.99. The van der Waals surface area contributed by atoms with Gasteiger partial charge in [0.25, 0.3) is 5.91 Å². The van der Waals surface area contributed by atoms with E-state index in [1.807, 2.05) is 0 Å². The first kappa shape index (κ1) is 20.8. The van der Waals surface area contributed by atoms with Crippen molar-refractivity contribution in [1.29, 1.82) is 0 Å². The van der Waals surface area contributed by atoms with Crippen LogP contribution in [-0.4, -0.2) is 59.4 Å². The molecule has 1 aromatic carbocycles. The molecule has 1 saturated heterocycles. The summed E-state index contributed by atoms with van der Waals surface area (Å²) in [5, 5.41) is 7.71. The van der Waals surface area contributed by atoms with Crippen molar-refractivity contribution in [2.24, 2.45) is 11.0 Å². The zero-order chi connectivity index (χ0) is 21.4. The number of fused-ring (bicyclic) bond motifs is 3. The highest BCUT2D eigenvalue weighted by Crippen LogP contribution is 2.35. The molecule has 3 atom stereocenters. The second-order valence-corrected chi connectivity index (χ2v) is 8.75. The number of piperazine rings is 1. The molecular weight excluding hydrogens is 406 g/mol. The summed E-state index contributed by atoms with van der Waals surface area (Å²) < 4.78 is 5.15. The van der Waals surface area contributed by atoms with Gasteiger partial charge >= 0.3 is 0 Å². The van der Waals surface area contributed by atoms with Crippen molar-refractivity contribution in [2.45, 2.75) is 57.8 Å². The molecule has 1 aromatic rings. The number of ether oxygens (including phenoxy) is 1. The molecule has 8 nitrogen and oxygen atoms in total. The molecule has 3 unspecified atom stereocenters. The first-order chi connectivity index (χ1) is 14.4. The van der Waals surface area contributed by atoms with Gasteiger partial charge in [-0.15, -0.1) is 0 Å². The zero-order valence-corrected chi connectivity index (χ0v) is 18.3. The van der Waals surface area contributed by atoms with Gasteiger partial charge in [0.1, 0.15) is 18.1 Å². The van der Waals surface area contributed by atoms with Gasteiger partial charge in [-0.2, -0.15) is 5.10 Å². The molecule has 2 N–H and O–H groups in total. The molecule has 0 aromatic heterocycles. The zero-order valence-electron chi connectivity index (χ0n) is 17.5. The molecule has 0 radical (unpaired) electrons. The Hall–Kier alpha value is -2.48. The molecule has 2 aliphatic heterocycles. The highest BCUT2D eigenvalue weighted by Gasteiger charge is 2.51. The second-order valence-electron chi connectivity index (χ2n) is 8.35. The molecule has 162 valence electrons. The Bertz CT molecular complexity index is 874. The third-order valence-corrected chi connectivity index (χ3v) is 6.37. The smallest absolute Gasteiger partial charge is 0.268 e. The predicted molar refractivity (Wildman–Crippen MR) is 115 cm³/mol. The van der Waals surface area contributed by atoms with E-state index in [9.17, 15) is 9.59 Å². The Labute approximate surface area is 181 Å². The number of amidine groups is 1. The average molecular weight is 434 g/mol. The first-order valence-electron chi connectivity index (χ1n) is 10.5. The van der Waals surface area contributed by atoms with Crippen LogP contribution in [0.1, 0.15) is 39.5 Å². The highest BCUT2D eigenvalue weighted by molar-refractivity contribution is 6.32. The van der Waals surface area contributed by atoms with E-state index >= 15 is 0 Å². The van der Waals surface area contributed by atoms with Crippen molar-refractivity contribution in [3.05, 3.63) is 23.2 Å². The molecule has 0 spiro atoms. The monoisotopic (exact) mass is 433 g/mol.